The van der Waals surface area contributed by atoms with Gasteiger partial charge in [-0.15, -0.1) is 0 Å². The van der Waals surface area contributed by atoms with Crippen LogP contribution in [0.2, 0.25) is 0 Å². The molecule has 3 aromatic heterocycles. The molecular weight excluding hydrogens is 500 g/mol. The molecule has 1 aromatic carbocycles. The van der Waals surface area contributed by atoms with E-state index in [0.717, 1.165) is 57.8 Å². The van der Waals surface area contributed by atoms with E-state index in [4.69, 9.17) is 4.98 Å². The SMILES string of the molecule is Cc1cc(C)c(CNC(=O)c2cc(-c3ccc(N4C[C@@H](C)NC[C@H]4C)nc3)cc3c2c(C)cn3C(C)C)c(=O)[nH]1. The van der Waals surface area contributed by atoms with Crippen LogP contribution < -0.4 is 21.1 Å². The smallest absolute Gasteiger partial charge is 0.253 e. The summed E-state index contributed by atoms with van der Waals surface area (Å²) in [5.74, 6) is 0.757. The molecule has 1 fully saturated rings. The molecule has 0 radical (unpaired) electrons. The Kier molecular flexibility index (Phi) is 7.55. The van der Waals surface area contributed by atoms with Gasteiger partial charge in [-0.05, 0) is 95.5 Å². The van der Waals surface area contributed by atoms with Gasteiger partial charge in [0.15, 0.2) is 0 Å². The number of pyridine rings is 2. The van der Waals surface area contributed by atoms with Crippen LogP contribution in [0.25, 0.3) is 22.0 Å². The molecule has 8 nitrogen and oxygen atoms in total. The minimum atomic E-state index is -0.205. The van der Waals surface area contributed by atoms with Crippen molar-refractivity contribution in [3.8, 4) is 11.1 Å². The topological polar surface area (TPSA) is 95.1 Å². The molecule has 4 aromatic rings. The number of aromatic nitrogens is 3. The highest BCUT2D eigenvalue weighted by molar-refractivity contribution is 6.09. The molecule has 3 N–H and O–H groups in total. The number of anilines is 1. The second-order valence-electron chi connectivity index (χ2n) is 11.6. The Morgan fingerprint density at radius 1 is 1.10 bits per heavy atom. The van der Waals surface area contributed by atoms with E-state index >= 15 is 0 Å². The third kappa shape index (κ3) is 5.28. The molecule has 8 heteroatoms. The van der Waals surface area contributed by atoms with Gasteiger partial charge in [-0.2, -0.15) is 0 Å². The molecule has 5 rings (SSSR count). The number of nitrogens with one attached hydrogen (secondary N) is 3. The number of carbonyl (C=O) groups excluding carboxylic acids is 1. The number of nitrogens with zero attached hydrogens (tertiary/aromatic N) is 3. The summed E-state index contributed by atoms with van der Waals surface area (Å²) >= 11 is 0. The van der Waals surface area contributed by atoms with Crippen molar-refractivity contribution in [2.24, 2.45) is 0 Å². The van der Waals surface area contributed by atoms with Gasteiger partial charge >= 0.3 is 0 Å². The summed E-state index contributed by atoms with van der Waals surface area (Å²) in [6.07, 6.45) is 4.02. The van der Waals surface area contributed by atoms with E-state index in [1.54, 1.807) is 0 Å². The summed E-state index contributed by atoms with van der Waals surface area (Å²) in [6.45, 7) is 16.5. The van der Waals surface area contributed by atoms with Crippen molar-refractivity contribution < 1.29 is 4.79 Å². The Balaban J connectivity index is 1.53. The Morgan fingerprint density at radius 3 is 2.55 bits per heavy atom. The number of piperazine rings is 1. The number of carbonyl (C=O) groups is 1. The highest BCUT2D eigenvalue weighted by Gasteiger charge is 2.24. The van der Waals surface area contributed by atoms with Crippen LogP contribution in [0.1, 0.15) is 66.5 Å². The van der Waals surface area contributed by atoms with Gasteiger partial charge in [0.1, 0.15) is 5.82 Å². The molecule has 4 heterocycles. The summed E-state index contributed by atoms with van der Waals surface area (Å²) in [5, 5.41) is 7.47. The molecule has 0 spiro atoms. The Morgan fingerprint density at radius 2 is 1.88 bits per heavy atom. The zero-order valence-corrected chi connectivity index (χ0v) is 24.6. The Hall–Kier alpha value is -3.91. The van der Waals surface area contributed by atoms with E-state index in [2.05, 4.69) is 77.2 Å². The number of aromatic amines is 1. The number of H-pyrrole nitrogens is 1. The number of hydrogen-bond donors (Lipinski definition) is 3. The third-order valence-corrected chi connectivity index (χ3v) is 7.98. The molecule has 0 aliphatic carbocycles. The molecule has 1 aliphatic heterocycles. The maximum absolute atomic E-state index is 13.7. The van der Waals surface area contributed by atoms with E-state index in [0.29, 0.717) is 23.2 Å². The molecule has 0 saturated carbocycles. The van der Waals surface area contributed by atoms with Crippen molar-refractivity contribution in [3.05, 3.63) is 81.0 Å². The first kappa shape index (κ1) is 27.6. The van der Waals surface area contributed by atoms with Crippen molar-refractivity contribution in [2.45, 2.75) is 73.1 Å². The lowest BCUT2D eigenvalue weighted by Gasteiger charge is -2.38. The largest absolute Gasteiger partial charge is 0.351 e. The number of amides is 1. The van der Waals surface area contributed by atoms with Crippen LogP contribution in [0.5, 0.6) is 0 Å². The van der Waals surface area contributed by atoms with Gasteiger partial charge in [0.2, 0.25) is 0 Å². The molecule has 0 bridgehead atoms. The normalized spacial score (nSPS) is 17.6. The van der Waals surface area contributed by atoms with Crippen LogP contribution in [0, 0.1) is 20.8 Å². The number of rotatable bonds is 6. The van der Waals surface area contributed by atoms with E-state index in [9.17, 15) is 9.59 Å². The summed E-state index contributed by atoms with van der Waals surface area (Å²) < 4.78 is 2.21. The fraction of sp³-hybridized carbons (Fsp3) is 0.406. The zero-order valence-electron chi connectivity index (χ0n) is 24.6. The first-order chi connectivity index (χ1) is 19.0. The quantitative estimate of drug-likeness (QED) is 0.319. The lowest BCUT2D eigenvalue weighted by molar-refractivity contribution is 0.0952. The average Bonchev–Trinajstić information content (AvgIpc) is 3.25. The first-order valence-corrected chi connectivity index (χ1v) is 14.1. The Bertz CT molecular complexity index is 1620. The minimum absolute atomic E-state index is 0.160. The lowest BCUT2D eigenvalue weighted by Crippen LogP contribution is -2.54. The standard InChI is InChI=1S/C32H40N6O2/c1-18(2)37-16-20(4)30-26(31(39)35-15-27-19(3)10-21(5)36-32(27)40)11-25(12-28(30)37)24-8-9-29(34-14-24)38-17-22(6)33-13-23(38)7/h8-12,14,16,18,22-23,33H,13,15,17H2,1-7H3,(H,35,39)(H,36,40)/t22-,23-/m1/s1. The Labute approximate surface area is 235 Å². The van der Waals surface area contributed by atoms with Gasteiger partial charge in [0, 0.05) is 83.4 Å². The van der Waals surface area contributed by atoms with Crippen LogP contribution in [-0.4, -0.2) is 45.6 Å². The first-order valence-electron chi connectivity index (χ1n) is 14.1. The third-order valence-electron chi connectivity index (χ3n) is 7.98. The molecular formula is C32H40N6O2. The van der Waals surface area contributed by atoms with E-state index in [1.807, 2.05) is 39.1 Å². The minimum Gasteiger partial charge on any atom is -0.351 e. The predicted octanol–water partition coefficient (Wildman–Crippen LogP) is 5.01. The summed E-state index contributed by atoms with van der Waals surface area (Å²) in [6, 6.07) is 11.2. The summed E-state index contributed by atoms with van der Waals surface area (Å²) in [7, 11) is 0. The molecule has 40 heavy (non-hydrogen) atoms. The predicted molar refractivity (Wildman–Crippen MR) is 162 cm³/mol. The lowest BCUT2D eigenvalue weighted by atomic mass is 9.98. The van der Waals surface area contributed by atoms with Gasteiger partial charge in [-0.25, -0.2) is 4.98 Å². The maximum atomic E-state index is 13.7. The van der Waals surface area contributed by atoms with Crippen LogP contribution in [0.3, 0.4) is 0 Å². The van der Waals surface area contributed by atoms with Crippen LogP contribution in [0.15, 0.2) is 47.5 Å². The summed E-state index contributed by atoms with van der Waals surface area (Å²) in [5.41, 5.74) is 6.60. The molecule has 210 valence electrons. The molecule has 1 aliphatic rings. The van der Waals surface area contributed by atoms with Gasteiger partial charge in [0.25, 0.3) is 11.5 Å². The molecule has 1 saturated heterocycles. The van der Waals surface area contributed by atoms with Crippen LogP contribution in [-0.2, 0) is 6.54 Å². The number of fused-ring (bicyclic) bond motifs is 1. The number of aryl methyl sites for hydroxylation is 3. The van der Waals surface area contributed by atoms with Gasteiger partial charge < -0.3 is 25.1 Å². The van der Waals surface area contributed by atoms with Gasteiger partial charge in [-0.1, -0.05) is 0 Å². The monoisotopic (exact) mass is 540 g/mol. The second-order valence-corrected chi connectivity index (χ2v) is 11.6. The summed E-state index contributed by atoms with van der Waals surface area (Å²) in [4.78, 5) is 36.3. The number of benzene rings is 1. The van der Waals surface area contributed by atoms with Crippen LogP contribution in [0.4, 0.5) is 5.82 Å². The zero-order chi connectivity index (χ0) is 28.7. The second kappa shape index (κ2) is 10.9. The van der Waals surface area contributed by atoms with Gasteiger partial charge in [-0.3, -0.25) is 9.59 Å². The maximum Gasteiger partial charge on any atom is 0.253 e. The van der Waals surface area contributed by atoms with Crippen LogP contribution >= 0.6 is 0 Å². The van der Waals surface area contributed by atoms with Crippen molar-refractivity contribution in [2.75, 3.05) is 18.0 Å². The van der Waals surface area contributed by atoms with Gasteiger partial charge in [0.05, 0.1) is 0 Å². The highest BCUT2D eigenvalue weighted by Crippen LogP contribution is 2.33. The fourth-order valence-electron chi connectivity index (χ4n) is 5.79. The molecule has 1 amide bonds. The molecule has 2 atom stereocenters. The van der Waals surface area contributed by atoms with Crippen molar-refractivity contribution in [1.82, 2.24) is 25.2 Å². The van der Waals surface area contributed by atoms with Crippen molar-refractivity contribution in [1.29, 1.82) is 0 Å². The number of hydrogen-bond acceptors (Lipinski definition) is 5. The van der Waals surface area contributed by atoms with E-state index < -0.39 is 0 Å². The van der Waals surface area contributed by atoms with E-state index in [-0.39, 0.29) is 24.1 Å². The molecule has 0 unspecified atom stereocenters. The average molecular weight is 541 g/mol. The van der Waals surface area contributed by atoms with E-state index in [1.165, 1.54) is 0 Å². The highest BCUT2D eigenvalue weighted by atomic mass is 16.1. The van der Waals surface area contributed by atoms with Crippen molar-refractivity contribution >= 4 is 22.6 Å². The fourth-order valence-corrected chi connectivity index (χ4v) is 5.79. The van der Waals surface area contributed by atoms with Crippen molar-refractivity contribution in [3.63, 3.8) is 0 Å².